The average Bonchev–Trinajstić information content (AvgIpc) is 2.14. The summed E-state index contributed by atoms with van der Waals surface area (Å²) in [6.45, 7) is 6.30. The third-order valence-corrected chi connectivity index (χ3v) is 1.81. The molecule has 10 heavy (non-hydrogen) atoms. The second-order valence-corrected chi connectivity index (χ2v) is 2.84. The number of rotatable bonds is 2. The molecule has 0 aliphatic carbocycles. The molecule has 1 aliphatic heterocycles. The van der Waals surface area contributed by atoms with Crippen molar-refractivity contribution in [3.8, 4) is 0 Å². The van der Waals surface area contributed by atoms with Crippen molar-refractivity contribution in [3.63, 3.8) is 0 Å². The molecule has 0 aromatic heterocycles. The van der Waals surface area contributed by atoms with E-state index in [1.807, 2.05) is 0 Å². The van der Waals surface area contributed by atoms with E-state index >= 15 is 0 Å². The van der Waals surface area contributed by atoms with Crippen LogP contribution >= 0.6 is 0 Å². The first kappa shape index (κ1) is 7.58. The van der Waals surface area contributed by atoms with E-state index in [1.54, 1.807) is 0 Å². The summed E-state index contributed by atoms with van der Waals surface area (Å²) in [5.74, 6) is 0.947. The van der Waals surface area contributed by atoms with E-state index < -0.39 is 0 Å². The molecule has 0 bridgehead atoms. The Morgan fingerprint density at radius 1 is 1.50 bits per heavy atom. The lowest BCUT2D eigenvalue weighted by atomic mass is 10.2. The Morgan fingerprint density at radius 2 is 2.20 bits per heavy atom. The predicted molar refractivity (Wildman–Crippen MR) is 42.4 cm³/mol. The van der Waals surface area contributed by atoms with Crippen LogP contribution in [-0.2, 0) is 4.74 Å². The normalized spacial score (nSPS) is 31.7. The van der Waals surface area contributed by atoms with Gasteiger partial charge in [0.05, 0.1) is 6.04 Å². The summed E-state index contributed by atoms with van der Waals surface area (Å²) in [4.78, 5) is 4.35. The van der Waals surface area contributed by atoms with Crippen LogP contribution in [0.2, 0.25) is 0 Å². The van der Waals surface area contributed by atoms with Crippen LogP contribution < -0.4 is 0 Å². The molecule has 1 rings (SSSR count). The second-order valence-electron chi connectivity index (χ2n) is 2.84. The minimum Gasteiger partial charge on any atom is -0.476 e. The summed E-state index contributed by atoms with van der Waals surface area (Å²) in [7, 11) is 0. The maximum absolute atomic E-state index is 5.46. The van der Waals surface area contributed by atoms with E-state index in [2.05, 4.69) is 25.8 Å². The number of hydrogen-bond acceptors (Lipinski definition) is 2. The number of ether oxygens (including phenoxy) is 1. The first-order valence-corrected chi connectivity index (χ1v) is 3.97. The highest BCUT2D eigenvalue weighted by molar-refractivity contribution is 5.77. The Labute approximate surface area is 62.3 Å². The maximum Gasteiger partial charge on any atom is 0.183 e. The molecule has 2 nitrogen and oxygen atoms in total. The molecule has 2 unspecified atom stereocenters. The van der Waals surface area contributed by atoms with Gasteiger partial charge < -0.3 is 4.74 Å². The fraction of sp³-hybridized carbons (Fsp3) is 0.875. The van der Waals surface area contributed by atoms with Gasteiger partial charge in [0.25, 0.3) is 0 Å². The first-order chi connectivity index (χ1) is 4.74. The molecule has 0 amide bonds. The van der Waals surface area contributed by atoms with Crippen LogP contribution in [0.15, 0.2) is 4.99 Å². The first-order valence-electron chi connectivity index (χ1n) is 3.97. The van der Waals surface area contributed by atoms with Gasteiger partial charge in [0.2, 0.25) is 0 Å². The molecule has 1 aliphatic rings. The Kier molecular flexibility index (Phi) is 2.30. The topological polar surface area (TPSA) is 21.6 Å². The van der Waals surface area contributed by atoms with Gasteiger partial charge in [-0.15, -0.1) is 0 Å². The molecule has 0 fully saturated rings. The smallest absolute Gasteiger partial charge is 0.183 e. The molecule has 0 saturated carbocycles. The Hall–Kier alpha value is -0.530. The Bertz CT molecular complexity index is 142. The number of nitrogens with zero attached hydrogens (tertiary/aromatic N) is 1. The Balaban J connectivity index is 2.42. The lowest BCUT2D eigenvalue weighted by Gasteiger charge is -2.06. The lowest BCUT2D eigenvalue weighted by molar-refractivity contribution is 0.213. The molecule has 2 atom stereocenters. The monoisotopic (exact) mass is 141 g/mol. The van der Waals surface area contributed by atoms with Crippen molar-refractivity contribution in [2.75, 3.05) is 0 Å². The summed E-state index contributed by atoms with van der Waals surface area (Å²) in [5, 5.41) is 0. The van der Waals surface area contributed by atoms with E-state index in [4.69, 9.17) is 4.74 Å². The van der Waals surface area contributed by atoms with Gasteiger partial charge in [-0.25, -0.2) is 4.99 Å². The van der Waals surface area contributed by atoms with Crippen molar-refractivity contribution < 1.29 is 4.74 Å². The molecule has 0 saturated heterocycles. The molecular formula is C8H15NO. The minimum absolute atomic E-state index is 0.293. The van der Waals surface area contributed by atoms with Gasteiger partial charge in [-0.2, -0.15) is 0 Å². The average molecular weight is 141 g/mol. The van der Waals surface area contributed by atoms with Crippen molar-refractivity contribution in [1.82, 2.24) is 0 Å². The fourth-order valence-electron chi connectivity index (χ4n) is 1.01. The van der Waals surface area contributed by atoms with Crippen LogP contribution in [0.3, 0.4) is 0 Å². The summed E-state index contributed by atoms with van der Waals surface area (Å²) < 4.78 is 5.46. The van der Waals surface area contributed by atoms with Gasteiger partial charge >= 0.3 is 0 Å². The van der Waals surface area contributed by atoms with Crippen LogP contribution in [0.5, 0.6) is 0 Å². The SMILES string of the molecule is CCCC1=NC(C)C(C)O1. The molecule has 1 heterocycles. The van der Waals surface area contributed by atoms with E-state index in [1.165, 1.54) is 0 Å². The highest BCUT2D eigenvalue weighted by atomic mass is 16.5. The molecule has 0 radical (unpaired) electrons. The summed E-state index contributed by atoms with van der Waals surface area (Å²) in [5.41, 5.74) is 0. The largest absolute Gasteiger partial charge is 0.476 e. The molecule has 0 spiro atoms. The maximum atomic E-state index is 5.46. The zero-order valence-corrected chi connectivity index (χ0v) is 6.92. The summed E-state index contributed by atoms with van der Waals surface area (Å²) in [6.07, 6.45) is 2.41. The van der Waals surface area contributed by atoms with E-state index in [0.717, 1.165) is 18.7 Å². The third-order valence-electron chi connectivity index (χ3n) is 1.81. The van der Waals surface area contributed by atoms with Gasteiger partial charge in [-0.05, 0) is 20.3 Å². The van der Waals surface area contributed by atoms with Crippen LogP contribution in [0.25, 0.3) is 0 Å². The van der Waals surface area contributed by atoms with Gasteiger partial charge in [0, 0.05) is 6.42 Å². The van der Waals surface area contributed by atoms with E-state index in [9.17, 15) is 0 Å². The van der Waals surface area contributed by atoms with Gasteiger partial charge in [-0.1, -0.05) is 6.92 Å². The van der Waals surface area contributed by atoms with Crippen molar-refractivity contribution in [2.24, 2.45) is 4.99 Å². The second kappa shape index (κ2) is 3.04. The van der Waals surface area contributed by atoms with Crippen molar-refractivity contribution in [3.05, 3.63) is 0 Å². The third kappa shape index (κ3) is 1.49. The molecule has 2 heteroatoms. The number of hydrogen-bond donors (Lipinski definition) is 0. The van der Waals surface area contributed by atoms with Crippen LogP contribution in [-0.4, -0.2) is 18.0 Å². The van der Waals surface area contributed by atoms with Gasteiger partial charge in [0.15, 0.2) is 5.90 Å². The van der Waals surface area contributed by atoms with Crippen LogP contribution in [0.1, 0.15) is 33.6 Å². The lowest BCUT2D eigenvalue weighted by Crippen LogP contribution is -2.14. The highest BCUT2D eigenvalue weighted by Gasteiger charge is 2.21. The Morgan fingerprint density at radius 3 is 2.60 bits per heavy atom. The molecule has 0 N–H and O–H groups in total. The number of aliphatic imine (C=N–C) groups is 1. The predicted octanol–water partition coefficient (Wildman–Crippen LogP) is 1.99. The van der Waals surface area contributed by atoms with E-state index in [-0.39, 0.29) is 0 Å². The standard InChI is InChI=1S/C8H15NO/c1-4-5-8-9-6(2)7(3)10-8/h6-7H,4-5H2,1-3H3. The molecular weight excluding hydrogens is 126 g/mol. The summed E-state index contributed by atoms with van der Waals surface area (Å²) >= 11 is 0. The summed E-state index contributed by atoms with van der Waals surface area (Å²) in [6, 6.07) is 0.363. The zero-order valence-electron chi connectivity index (χ0n) is 6.92. The molecule has 0 aromatic carbocycles. The van der Waals surface area contributed by atoms with Gasteiger partial charge in [0.1, 0.15) is 6.10 Å². The van der Waals surface area contributed by atoms with Crippen molar-refractivity contribution >= 4 is 5.90 Å². The van der Waals surface area contributed by atoms with Crippen molar-refractivity contribution in [2.45, 2.75) is 45.8 Å². The van der Waals surface area contributed by atoms with Crippen LogP contribution in [0.4, 0.5) is 0 Å². The highest BCUT2D eigenvalue weighted by Crippen LogP contribution is 2.14. The zero-order chi connectivity index (χ0) is 7.56. The van der Waals surface area contributed by atoms with Gasteiger partial charge in [-0.3, -0.25) is 0 Å². The van der Waals surface area contributed by atoms with Crippen molar-refractivity contribution in [1.29, 1.82) is 0 Å². The molecule has 58 valence electrons. The molecule has 0 aromatic rings. The van der Waals surface area contributed by atoms with E-state index in [0.29, 0.717) is 12.1 Å². The minimum atomic E-state index is 0.293. The quantitative estimate of drug-likeness (QED) is 0.576. The van der Waals surface area contributed by atoms with Crippen LogP contribution in [0, 0.1) is 0 Å². The fourth-order valence-corrected chi connectivity index (χ4v) is 1.01.